The van der Waals surface area contributed by atoms with Gasteiger partial charge in [-0.2, -0.15) is 0 Å². The van der Waals surface area contributed by atoms with E-state index in [-0.39, 0.29) is 0 Å². The first kappa shape index (κ1) is 16.8. The van der Waals surface area contributed by atoms with Gasteiger partial charge in [-0.05, 0) is 44.5 Å². The quantitative estimate of drug-likeness (QED) is 0.789. The van der Waals surface area contributed by atoms with Crippen LogP contribution in [0.5, 0.6) is 0 Å². The van der Waals surface area contributed by atoms with Gasteiger partial charge in [-0.3, -0.25) is 4.90 Å². The first-order chi connectivity index (χ1) is 10.1. The summed E-state index contributed by atoms with van der Waals surface area (Å²) in [7, 11) is 0. The van der Waals surface area contributed by atoms with Crippen molar-refractivity contribution in [2.75, 3.05) is 37.6 Å². The average Bonchev–Trinajstić information content (AvgIpc) is 2.49. The number of nitrogens with one attached hydrogen (secondary N) is 1. The SMILES string of the molecule is CCCNCc1ccc(Br)cc1N1CCN(C(C)C)CC1. The van der Waals surface area contributed by atoms with E-state index in [4.69, 9.17) is 0 Å². The highest BCUT2D eigenvalue weighted by atomic mass is 79.9. The van der Waals surface area contributed by atoms with E-state index < -0.39 is 0 Å². The van der Waals surface area contributed by atoms with Crippen LogP contribution < -0.4 is 10.2 Å². The fourth-order valence-corrected chi connectivity index (χ4v) is 3.21. The Hall–Kier alpha value is -0.580. The highest BCUT2D eigenvalue weighted by Crippen LogP contribution is 2.26. The lowest BCUT2D eigenvalue weighted by atomic mass is 10.1. The molecule has 1 N–H and O–H groups in total. The largest absolute Gasteiger partial charge is 0.369 e. The molecule has 0 unspecified atom stereocenters. The third-order valence-electron chi connectivity index (χ3n) is 4.17. The Morgan fingerprint density at radius 2 is 1.90 bits per heavy atom. The van der Waals surface area contributed by atoms with Crippen molar-refractivity contribution in [3.05, 3.63) is 28.2 Å². The number of rotatable bonds is 6. The van der Waals surface area contributed by atoms with Crippen molar-refractivity contribution in [3.63, 3.8) is 0 Å². The van der Waals surface area contributed by atoms with Gasteiger partial charge in [0.25, 0.3) is 0 Å². The van der Waals surface area contributed by atoms with Gasteiger partial charge in [0.1, 0.15) is 0 Å². The predicted octanol–water partition coefficient (Wildman–Crippen LogP) is 3.48. The van der Waals surface area contributed by atoms with E-state index >= 15 is 0 Å². The van der Waals surface area contributed by atoms with Crippen LogP contribution in [0.15, 0.2) is 22.7 Å². The summed E-state index contributed by atoms with van der Waals surface area (Å²) >= 11 is 3.62. The van der Waals surface area contributed by atoms with Crippen LogP contribution >= 0.6 is 15.9 Å². The van der Waals surface area contributed by atoms with Crippen molar-refractivity contribution >= 4 is 21.6 Å². The minimum Gasteiger partial charge on any atom is -0.369 e. The summed E-state index contributed by atoms with van der Waals surface area (Å²) in [5, 5.41) is 3.52. The van der Waals surface area contributed by atoms with Crippen molar-refractivity contribution in [3.8, 4) is 0 Å². The maximum Gasteiger partial charge on any atom is 0.0424 e. The summed E-state index contributed by atoms with van der Waals surface area (Å²) in [5.74, 6) is 0. The molecular formula is C17H28BrN3. The Kier molecular flexibility index (Phi) is 6.52. The Bertz CT molecular complexity index is 440. The Morgan fingerprint density at radius 3 is 2.52 bits per heavy atom. The molecule has 0 aliphatic carbocycles. The van der Waals surface area contributed by atoms with Gasteiger partial charge in [0.2, 0.25) is 0 Å². The molecule has 1 aromatic carbocycles. The van der Waals surface area contributed by atoms with Crippen LogP contribution in [0.2, 0.25) is 0 Å². The van der Waals surface area contributed by atoms with E-state index in [1.165, 1.54) is 22.1 Å². The second-order valence-electron chi connectivity index (χ2n) is 6.07. The molecule has 0 aromatic heterocycles. The average molecular weight is 354 g/mol. The number of hydrogen-bond acceptors (Lipinski definition) is 3. The molecule has 1 saturated heterocycles. The summed E-state index contributed by atoms with van der Waals surface area (Å²) in [6.45, 7) is 13.4. The lowest BCUT2D eigenvalue weighted by Gasteiger charge is -2.39. The number of hydrogen-bond donors (Lipinski definition) is 1. The lowest BCUT2D eigenvalue weighted by molar-refractivity contribution is 0.209. The van der Waals surface area contributed by atoms with E-state index in [9.17, 15) is 0 Å². The molecule has 1 heterocycles. The van der Waals surface area contributed by atoms with Crippen LogP contribution in [0.1, 0.15) is 32.8 Å². The van der Waals surface area contributed by atoms with Crippen molar-refractivity contribution in [1.29, 1.82) is 0 Å². The summed E-state index contributed by atoms with van der Waals surface area (Å²) in [5.41, 5.74) is 2.79. The molecule has 0 radical (unpaired) electrons. The Morgan fingerprint density at radius 1 is 1.19 bits per heavy atom. The highest BCUT2D eigenvalue weighted by Gasteiger charge is 2.20. The maximum absolute atomic E-state index is 3.62. The van der Waals surface area contributed by atoms with Crippen LogP contribution in [0, 0.1) is 0 Å². The second kappa shape index (κ2) is 8.16. The van der Waals surface area contributed by atoms with E-state index in [1.807, 2.05) is 0 Å². The molecule has 118 valence electrons. The number of anilines is 1. The monoisotopic (exact) mass is 353 g/mol. The normalized spacial score (nSPS) is 16.7. The van der Waals surface area contributed by atoms with Crippen molar-refractivity contribution < 1.29 is 0 Å². The van der Waals surface area contributed by atoms with Gasteiger partial charge >= 0.3 is 0 Å². The third-order valence-corrected chi connectivity index (χ3v) is 4.67. The van der Waals surface area contributed by atoms with E-state index in [0.717, 1.165) is 39.3 Å². The van der Waals surface area contributed by atoms with Gasteiger partial charge in [0.15, 0.2) is 0 Å². The molecule has 3 nitrogen and oxygen atoms in total. The minimum atomic E-state index is 0.653. The molecule has 0 amide bonds. The fraction of sp³-hybridized carbons (Fsp3) is 0.647. The zero-order valence-electron chi connectivity index (χ0n) is 13.5. The molecule has 1 aromatic rings. The molecule has 2 rings (SSSR count). The lowest BCUT2D eigenvalue weighted by Crippen LogP contribution is -2.49. The first-order valence-corrected chi connectivity index (χ1v) is 8.89. The van der Waals surface area contributed by atoms with Gasteiger partial charge in [-0.1, -0.05) is 28.9 Å². The second-order valence-corrected chi connectivity index (χ2v) is 6.98. The smallest absolute Gasteiger partial charge is 0.0424 e. The zero-order chi connectivity index (χ0) is 15.2. The molecule has 1 fully saturated rings. The van der Waals surface area contributed by atoms with Crippen LogP contribution in [-0.4, -0.2) is 43.7 Å². The van der Waals surface area contributed by atoms with Crippen LogP contribution in [0.25, 0.3) is 0 Å². The molecular weight excluding hydrogens is 326 g/mol. The van der Waals surface area contributed by atoms with Gasteiger partial charge < -0.3 is 10.2 Å². The Balaban J connectivity index is 2.06. The van der Waals surface area contributed by atoms with Crippen molar-refractivity contribution in [2.45, 2.75) is 39.8 Å². The third kappa shape index (κ3) is 4.70. The summed E-state index contributed by atoms with van der Waals surface area (Å²) in [6, 6.07) is 7.32. The van der Waals surface area contributed by atoms with Gasteiger partial charge in [0.05, 0.1) is 0 Å². The molecule has 0 saturated carbocycles. The molecule has 1 aliphatic heterocycles. The molecule has 0 bridgehead atoms. The predicted molar refractivity (Wildman–Crippen MR) is 95.1 cm³/mol. The van der Waals surface area contributed by atoms with E-state index in [0.29, 0.717) is 6.04 Å². The number of halogens is 1. The minimum absolute atomic E-state index is 0.653. The van der Waals surface area contributed by atoms with Crippen LogP contribution in [0.4, 0.5) is 5.69 Å². The van der Waals surface area contributed by atoms with E-state index in [2.05, 4.69) is 70.0 Å². The number of piperazine rings is 1. The first-order valence-electron chi connectivity index (χ1n) is 8.10. The number of nitrogens with zero attached hydrogens (tertiary/aromatic N) is 2. The maximum atomic E-state index is 3.62. The van der Waals surface area contributed by atoms with Crippen LogP contribution in [-0.2, 0) is 6.54 Å². The van der Waals surface area contributed by atoms with Crippen molar-refractivity contribution in [1.82, 2.24) is 10.2 Å². The van der Waals surface area contributed by atoms with Crippen LogP contribution in [0.3, 0.4) is 0 Å². The zero-order valence-corrected chi connectivity index (χ0v) is 15.1. The van der Waals surface area contributed by atoms with Gasteiger partial charge in [0, 0.05) is 48.9 Å². The standard InChI is InChI=1S/C17H28BrN3/c1-4-7-19-13-15-5-6-16(18)12-17(15)21-10-8-20(9-11-21)14(2)3/h5-6,12,14,19H,4,7-11,13H2,1-3H3. The van der Waals surface area contributed by atoms with Crippen molar-refractivity contribution in [2.24, 2.45) is 0 Å². The molecule has 0 spiro atoms. The Labute approximate surface area is 137 Å². The van der Waals surface area contributed by atoms with Gasteiger partial charge in [-0.25, -0.2) is 0 Å². The molecule has 21 heavy (non-hydrogen) atoms. The topological polar surface area (TPSA) is 18.5 Å². The molecule has 0 atom stereocenters. The number of benzene rings is 1. The molecule has 1 aliphatic rings. The summed E-state index contributed by atoms with van der Waals surface area (Å²) < 4.78 is 1.17. The fourth-order valence-electron chi connectivity index (χ4n) is 2.86. The van der Waals surface area contributed by atoms with E-state index in [1.54, 1.807) is 0 Å². The summed E-state index contributed by atoms with van der Waals surface area (Å²) in [6.07, 6.45) is 1.18. The molecule has 4 heteroatoms. The highest BCUT2D eigenvalue weighted by molar-refractivity contribution is 9.10. The van der Waals surface area contributed by atoms with Gasteiger partial charge in [-0.15, -0.1) is 0 Å². The summed E-state index contributed by atoms with van der Waals surface area (Å²) in [4.78, 5) is 5.09.